The van der Waals surface area contributed by atoms with Gasteiger partial charge in [0, 0.05) is 24.0 Å². The molecule has 5 aromatic rings. The van der Waals surface area contributed by atoms with Crippen LogP contribution in [0.4, 0.5) is 19.0 Å². The van der Waals surface area contributed by atoms with Gasteiger partial charge in [0.25, 0.3) is 5.56 Å². The number of carbonyl (C=O) groups is 1. The molecule has 5 rings (SSSR count). The summed E-state index contributed by atoms with van der Waals surface area (Å²) in [7, 11) is 0. The van der Waals surface area contributed by atoms with Crippen molar-refractivity contribution in [2.24, 2.45) is 0 Å². The summed E-state index contributed by atoms with van der Waals surface area (Å²) in [5.74, 6) is -0.0170. The monoisotopic (exact) mass is 540 g/mol. The minimum atomic E-state index is -4.57. The number of hydrogen-bond acceptors (Lipinski definition) is 8. The molecule has 0 saturated heterocycles. The molecular formula is C24H19F3N8O4. The fraction of sp³-hybridized carbons (Fsp3) is 0.208. The van der Waals surface area contributed by atoms with Crippen molar-refractivity contribution in [2.75, 3.05) is 5.32 Å². The molecule has 0 aliphatic carbocycles. The first-order valence-corrected chi connectivity index (χ1v) is 11.4. The highest BCUT2D eigenvalue weighted by Gasteiger charge is 2.31. The zero-order chi connectivity index (χ0) is 27.9. The Morgan fingerprint density at radius 2 is 2.00 bits per heavy atom. The Bertz CT molecular complexity index is 1820. The Morgan fingerprint density at radius 1 is 1.21 bits per heavy atom. The van der Waals surface area contributed by atoms with Gasteiger partial charge in [-0.15, -0.1) is 0 Å². The van der Waals surface area contributed by atoms with Crippen molar-refractivity contribution in [3.63, 3.8) is 0 Å². The molecule has 0 aromatic carbocycles. The number of carbonyl (C=O) groups excluding carboxylic acids is 1. The number of halogens is 3. The lowest BCUT2D eigenvalue weighted by molar-refractivity contribution is -0.137. The quantitative estimate of drug-likeness (QED) is 0.333. The van der Waals surface area contributed by atoms with Crippen LogP contribution < -0.4 is 16.6 Å². The van der Waals surface area contributed by atoms with Crippen LogP contribution in [0.25, 0.3) is 22.4 Å². The van der Waals surface area contributed by atoms with Crippen molar-refractivity contribution in [2.45, 2.75) is 32.6 Å². The molecule has 1 amide bonds. The van der Waals surface area contributed by atoms with E-state index in [9.17, 15) is 27.6 Å². The number of aromatic amines is 1. The van der Waals surface area contributed by atoms with Crippen LogP contribution in [-0.2, 0) is 17.5 Å². The molecule has 0 bridgehead atoms. The SMILES string of the molecule is Cc1cc(Cn2c(=O)[nH]c3ncn([C@@H](C)C(=O)Nc4cccc(-c5cncc(C(F)(F)F)c5)n4)c3c2=O)no1. The zero-order valence-electron chi connectivity index (χ0n) is 20.4. The molecular weight excluding hydrogens is 521 g/mol. The Kier molecular flexibility index (Phi) is 6.33. The molecule has 0 radical (unpaired) electrons. The van der Waals surface area contributed by atoms with E-state index >= 15 is 0 Å². The van der Waals surface area contributed by atoms with Gasteiger partial charge in [-0.25, -0.2) is 14.8 Å². The molecule has 39 heavy (non-hydrogen) atoms. The van der Waals surface area contributed by atoms with Crippen LogP contribution in [0, 0.1) is 6.92 Å². The van der Waals surface area contributed by atoms with Crippen molar-refractivity contribution < 1.29 is 22.5 Å². The maximum atomic E-state index is 13.2. The second kappa shape index (κ2) is 9.66. The number of pyridine rings is 2. The molecule has 5 aromatic heterocycles. The first-order chi connectivity index (χ1) is 18.5. The Morgan fingerprint density at radius 3 is 2.72 bits per heavy atom. The number of amides is 1. The topological polar surface area (TPSA) is 154 Å². The fourth-order valence-corrected chi connectivity index (χ4v) is 3.90. The van der Waals surface area contributed by atoms with E-state index in [1.54, 1.807) is 13.0 Å². The highest BCUT2D eigenvalue weighted by Crippen LogP contribution is 2.31. The summed E-state index contributed by atoms with van der Waals surface area (Å²) >= 11 is 0. The summed E-state index contributed by atoms with van der Waals surface area (Å²) in [4.78, 5) is 53.2. The summed E-state index contributed by atoms with van der Waals surface area (Å²) in [6.45, 7) is 3.02. The predicted octanol–water partition coefficient (Wildman–Crippen LogP) is 2.91. The van der Waals surface area contributed by atoms with Crippen molar-refractivity contribution in [1.29, 1.82) is 0 Å². The van der Waals surface area contributed by atoms with Crippen LogP contribution >= 0.6 is 0 Å². The lowest BCUT2D eigenvalue weighted by Gasteiger charge is -2.15. The number of aromatic nitrogens is 7. The third-order valence-electron chi connectivity index (χ3n) is 5.87. The van der Waals surface area contributed by atoms with Gasteiger partial charge in [-0.3, -0.25) is 24.1 Å². The number of aryl methyl sites for hydroxylation is 1. The van der Waals surface area contributed by atoms with Crippen molar-refractivity contribution in [3.8, 4) is 11.3 Å². The zero-order valence-corrected chi connectivity index (χ0v) is 20.4. The third-order valence-corrected chi connectivity index (χ3v) is 5.87. The maximum absolute atomic E-state index is 13.2. The van der Waals surface area contributed by atoms with Gasteiger partial charge in [0.2, 0.25) is 5.91 Å². The van der Waals surface area contributed by atoms with Crippen LogP contribution in [0.1, 0.15) is 30.0 Å². The minimum Gasteiger partial charge on any atom is -0.361 e. The normalized spacial score (nSPS) is 12.5. The van der Waals surface area contributed by atoms with Gasteiger partial charge in [-0.1, -0.05) is 11.2 Å². The summed E-state index contributed by atoms with van der Waals surface area (Å²) in [6, 6.07) is 5.97. The van der Waals surface area contributed by atoms with Gasteiger partial charge in [0.1, 0.15) is 23.3 Å². The average Bonchev–Trinajstić information content (AvgIpc) is 3.51. The van der Waals surface area contributed by atoms with Gasteiger partial charge in [-0.2, -0.15) is 13.2 Å². The standard InChI is InChI=1S/C24H19F3N8O4/c1-12-6-16(33-39-12)10-34-22(37)19-20(32-23(34)38)29-11-35(19)13(2)21(36)31-18-5-3-4-17(30-18)14-7-15(9-28-8-14)24(25,26)27/h3-9,11,13H,10H2,1-2H3,(H,32,38)(H,30,31,36)/t13-/m0/s1. The van der Waals surface area contributed by atoms with E-state index in [0.29, 0.717) is 17.7 Å². The second-order valence-corrected chi connectivity index (χ2v) is 8.63. The van der Waals surface area contributed by atoms with E-state index in [1.807, 2.05) is 0 Å². The molecule has 15 heteroatoms. The molecule has 0 saturated carbocycles. The van der Waals surface area contributed by atoms with E-state index in [2.05, 4.69) is 30.4 Å². The van der Waals surface area contributed by atoms with E-state index in [4.69, 9.17) is 4.52 Å². The van der Waals surface area contributed by atoms with Crippen LogP contribution in [0.2, 0.25) is 0 Å². The summed E-state index contributed by atoms with van der Waals surface area (Å²) in [5, 5.41) is 6.39. The number of imidazole rings is 1. The number of alkyl halides is 3. The molecule has 1 atom stereocenters. The Labute approximate surface area is 216 Å². The lowest BCUT2D eigenvalue weighted by atomic mass is 10.1. The summed E-state index contributed by atoms with van der Waals surface area (Å²) < 4.78 is 46.4. The molecule has 0 aliphatic heterocycles. The van der Waals surface area contributed by atoms with Crippen LogP contribution in [0.3, 0.4) is 0 Å². The van der Waals surface area contributed by atoms with Crippen molar-refractivity contribution >= 4 is 22.9 Å². The Balaban J connectivity index is 1.42. The number of hydrogen-bond donors (Lipinski definition) is 2. The lowest BCUT2D eigenvalue weighted by Crippen LogP contribution is -2.37. The number of H-pyrrole nitrogens is 1. The fourth-order valence-electron chi connectivity index (χ4n) is 3.90. The van der Waals surface area contributed by atoms with E-state index in [1.165, 1.54) is 42.2 Å². The van der Waals surface area contributed by atoms with Crippen molar-refractivity contribution in [1.82, 2.24) is 34.2 Å². The molecule has 200 valence electrons. The van der Waals surface area contributed by atoms with Crippen molar-refractivity contribution in [3.05, 3.63) is 86.9 Å². The molecule has 2 N–H and O–H groups in total. The van der Waals surface area contributed by atoms with Crippen LogP contribution in [0.5, 0.6) is 0 Å². The van der Waals surface area contributed by atoms with E-state index in [-0.39, 0.29) is 34.8 Å². The minimum absolute atomic E-state index is 0.00518. The smallest absolute Gasteiger partial charge is 0.361 e. The molecule has 0 unspecified atom stereocenters. The number of fused-ring (bicyclic) bond motifs is 1. The first-order valence-electron chi connectivity index (χ1n) is 11.4. The summed E-state index contributed by atoms with van der Waals surface area (Å²) in [5.41, 5.74) is -1.72. The predicted molar refractivity (Wildman–Crippen MR) is 131 cm³/mol. The largest absolute Gasteiger partial charge is 0.417 e. The Hall–Kier alpha value is -5.08. The van der Waals surface area contributed by atoms with Gasteiger partial charge in [0.15, 0.2) is 11.2 Å². The van der Waals surface area contributed by atoms with E-state index < -0.39 is 34.9 Å². The van der Waals surface area contributed by atoms with Gasteiger partial charge < -0.3 is 14.4 Å². The molecule has 12 nitrogen and oxygen atoms in total. The first kappa shape index (κ1) is 25.6. The second-order valence-electron chi connectivity index (χ2n) is 8.63. The van der Waals surface area contributed by atoms with Crippen LogP contribution in [0.15, 0.2) is 63.2 Å². The van der Waals surface area contributed by atoms with Gasteiger partial charge in [0.05, 0.1) is 24.1 Å². The number of anilines is 1. The molecule has 0 aliphatic rings. The third kappa shape index (κ3) is 5.05. The number of rotatable bonds is 6. The number of nitrogens with one attached hydrogen (secondary N) is 2. The molecule has 0 fully saturated rings. The highest BCUT2D eigenvalue weighted by molar-refractivity contribution is 5.93. The average molecular weight is 540 g/mol. The number of nitrogens with zero attached hydrogens (tertiary/aromatic N) is 6. The molecule has 0 spiro atoms. The van der Waals surface area contributed by atoms with E-state index in [0.717, 1.165) is 10.6 Å². The van der Waals surface area contributed by atoms with Gasteiger partial charge >= 0.3 is 11.9 Å². The molecule has 5 heterocycles. The van der Waals surface area contributed by atoms with Gasteiger partial charge in [-0.05, 0) is 32.0 Å². The summed E-state index contributed by atoms with van der Waals surface area (Å²) in [6.07, 6.45) is -1.39. The maximum Gasteiger partial charge on any atom is 0.417 e. The van der Waals surface area contributed by atoms with Crippen LogP contribution in [-0.4, -0.2) is 40.1 Å². The highest BCUT2D eigenvalue weighted by atomic mass is 19.4.